The summed E-state index contributed by atoms with van der Waals surface area (Å²) in [5, 5.41) is 3.35. The van der Waals surface area contributed by atoms with Crippen LogP contribution in [0.3, 0.4) is 0 Å². The molecule has 0 aliphatic carbocycles. The second-order valence-electron chi connectivity index (χ2n) is 4.39. The quantitative estimate of drug-likeness (QED) is 0.903. The fourth-order valence-electron chi connectivity index (χ4n) is 2.16. The first-order valence-electron chi connectivity index (χ1n) is 5.75. The summed E-state index contributed by atoms with van der Waals surface area (Å²) < 4.78 is 1.10. The van der Waals surface area contributed by atoms with Gasteiger partial charge in [0, 0.05) is 25.3 Å². The first-order chi connectivity index (χ1) is 7.70. The van der Waals surface area contributed by atoms with E-state index in [1.165, 1.54) is 18.4 Å². The minimum Gasteiger partial charge on any atom is -0.354 e. The number of pyridine rings is 1. The lowest BCUT2D eigenvalue weighted by Crippen LogP contribution is -2.44. The van der Waals surface area contributed by atoms with Crippen LogP contribution in [0, 0.1) is 6.92 Å². The number of nitrogens with zero attached hydrogens (tertiary/aromatic N) is 2. The number of likely N-dealkylation sites (N-methyl/N-ethyl adjacent to an activating group) is 1. The zero-order valence-electron chi connectivity index (χ0n) is 9.83. The monoisotopic (exact) mass is 283 g/mol. The molecular weight excluding hydrogens is 266 g/mol. The van der Waals surface area contributed by atoms with Gasteiger partial charge in [-0.15, -0.1) is 0 Å². The number of hydrogen-bond acceptors (Lipinski definition) is 3. The highest BCUT2D eigenvalue weighted by atomic mass is 79.9. The number of rotatable bonds is 2. The molecule has 1 aliphatic rings. The van der Waals surface area contributed by atoms with Crippen molar-refractivity contribution in [3.8, 4) is 0 Å². The summed E-state index contributed by atoms with van der Waals surface area (Å²) in [6.45, 7) is 4.21. The van der Waals surface area contributed by atoms with Crippen LogP contribution in [0.2, 0.25) is 0 Å². The average molecular weight is 284 g/mol. The van der Waals surface area contributed by atoms with Crippen molar-refractivity contribution >= 4 is 21.7 Å². The lowest BCUT2D eigenvalue weighted by atomic mass is 10.1. The third kappa shape index (κ3) is 2.55. The molecule has 0 aromatic carbocycles. The van der Waals surface area contributed by atoms with Crippen molar-refractivity contribution in [1.82, 2.24) is 10.3 Å². The predicted molar refractivity (Wildman–Crippen MR) is 71.0 cm³/mol. The van der Waals surface area contributed by atoms with Gasteiger partial charge in [-0.2, -0.15) is 0 Å². The second-order valence-corrected chi connectivity index (χ2v) is 5.25. The number of anilines is 1. The van der Waals surface area contributed by atoms with Crippen LogP contribution in [0.15, 0.2) is 16.7 Å². The Kier molecular flexibility index (Phi) is 3.82. The molecule has 1 saturated heterocycles. The van der Waals surface area contributed by atoms with E-state index in [9.17, 15) is 0 Å². The van der Waals surface area contributed by atoms with Crippen molar-refractivity contribution in [2.45, 2.75) is 25.8 Å². The molecule has 1 unspecified atom stereocenters. The molecule has 4 heteroatoms. The Hall–Kier alpha value is -0.610. The van der Waals surface area contributed by atoms with Crippen molar-refractivity contribution in [3.63, 3.8) is 0 Å². The highest BCUT2D eigenvalue weighted by Crippen LogP contribution is 2.26. The molecule has 0 radical (unpaired) electrons. The van der Waals surface area contributed by atoms with Crippen LogP contribution in [0.1, 0.15) is 18.4 Å². The Morgan fingerprint density at radius 1 is 1.56 bits per heavy atom. The summed E-state index contributed by atoms with van der Waals surface area (Å²) in [5.41, 5.74) is 1.19. The van der Waals surface area contributed by atoms with E-state index in [0.29, 0.717) is 6.04 Å². The zero-order valence-corrected chi connectivity index (χ0v) is 11.4. The third-order valence-corrected chi connectivity index (χ3v) is 3.67. The van der Waals surface area contributed by atoms with Gasteiger partial charge >= 0.3 is 0 Å². The van der Waals surface area contributed by atoms with Crippen LogP contribution in [0.25, 0.3) is 0 Å². The normalized spacial score (nSPS) is 21.2. The lowest BCUT2D eigenvalue weighted by molar-refractivity contribution is 0.447. The smallest absolute Gasteiger partial charge is 0.142 e. The van der Waals surface area contributed by atoms with Gasteiger partial charge in [-0.25, -0.2) is 4.98 Å². The molecule has 2 rings (SSSR count). The van der Waals surface area contributed by atoms with Gasteiger partial charge in [-0.3, -0.25) is 0 Å². The lowest BCUT2D eigenvalue weighted by Gasteiger charge is -2.33. The fraction of sp³-hybridized carbons (Fsp3) is 0.583. The molecule has 1 atom stereocenters. The first kappa shape index (κ1) is 11.9. The molecule has 0 spiro atoms. The molecule has 1 aromatic rings. The fourth-order valence-corrected chi connectivity index (χ4v) is 2.88. The van der Waals surface area contributed by atoms with Gasteiger partial charge in [0.15, 0.2) is 0 Å². The molecule has 1 N–H and O–H groups in total. The molecule has 0 bridgehead atoms. The molecule has 1 aromatic heterocycles. The Bertz CT molecular complexity index is 367. The van der Waals surface area contributed by atoms with Crippen molar-refractivity contribution in [3.05, 3.63) is 22.3 Å². The highest BCUT2D eigenvalue weighted by Gasteiger charge is 2.20. The van der Waals surface area contributed by atoms with Gasteiger partial charge < -0.3 is 10.2 Å². The van der Waals surface area contributed by atoms with Gasteiger partial charge in [-0.05, 0) is 54.4 Å². The summed E-state index contributed by atoms with van der Waals surface area (Å²) in [4.78, 5) is 6.88. The van der Waals surface area contributed by atoms with Crippen molar-refractivity contribution in [2.75, 3.05) is 25.0 Å². The van der Waals surface area contributed by atoms with Crippen LogP contribution in [0.5, 0.6) is 0 Å². The highest BCUT2D eigenvalue weighted by molar-refractivity contribution is 9.10. The largest absolute Gasteiger partial charge is 0.354 e. The predicted octanol–water partition coefficient (Wildman–Crippen LogP) is 2.34. The molecule has 1 aliphatic heterocycles. The summed E-state index contributed by atoms with van der Waals surface area (Å²) in [6.07, 6.45) is 4.42. The SMILES string of the molecule is CNC1CCCN(c2ncc(C)cc2Br)C1. The van der Waals surface area contributed by atoms with Gasteiger partial charge in [0.25, 0.3) is 0 Å². The topological polar surface area (TPSA) is 28.2 Å². The van der Waals surface area contributed by atoms with Crippen LogP contribution in [-0.2, 0) is 0 Å². The number of halogens is 1. The molecule has 88 valence electrons. The Balaban J connectivity index is 2.16. The maximum absolute atomic E-state index is 4.52. The summed E-state index contributed by atoms with van der Waals surface area (Å²) in [5.74, 6) is 1.07. The standard InChI is InChI=1S/C12H18BrN3/c1-9-6-11(13)12(15-7-9)16-5-3-4-10(8-16)14-2/h6-7,10,14H,3-5,8H2,1-2H3. The molecule has 0 amide bonds. The molecular formula is C12H18BrN3. The van der Waals surface area contributed by atoms with Gasteiger partial charge in [0.1, 0.15) is 5.82 Å². The Labute approximate surface area is 105 Å². The van der Waals surface area contributed by atoms with Gasteiger partial charge in [0.2, 0.25) is 0 Å². The van der Waals surface area contributed by atoms with Crippen LogP contribution >= 0.6 is 15.9 Å². The molecule has 1 fully saturated rings. The Morgan fingerprint density at radius 3 is 3.06 bits per heavy atom. The number of hydrogen-bond donors (Lipinski definition) is 1. The number of aromatic nitrogens is 1. The van der Waals surface area contributed by atoms with E-state index in [-0.39, 0.29) is 0 Å². The van der Waals surface area contributed by atoms with Crippen molar-refractivity contribution in [1.29, 1.82) is 0 Å². The number of nitrogens with one attached hydrogen (secondary N) is 1. The third-order valence-electron chi connectivity index (χ3n) is 3.09. The zero-order chi connectivity index (χ0) is 11.5. The maximum Gasteiger partial charge on any atom is 0.142 e. The molecule has 2 heterocycles. The van der Waals surface area contributed by atoms with E-state index in [1.807, 2.05) is 13.2 Å². The van der Waals surface area contributed by atoms with E-state index >= 15 is 0 Å². The summed E-state index contributed by atoms with van der Waals surface area (Å²) >= 11 is 3.60. The Morgan fingerprint density at radius 2 is 2.38 bits per heavy atom. The van der Waals surface area contributed by atoms with E-state index in [4.69, 9.17) is 0 Å². The maximum atomic E-state index is 4.52. The van der Waals surface area contributed by atoms with E-state index < -0.39 is 0 Å². The summed E-state index contributed by atoms with van der Waals surface area (Å²) in [6, 6.07) is 2.72. The minimum atomic E-state index is 0.587. The molecule has 0 saturated carbocycles. The van der Waals surface area contributed by atoms with Crippen molar-refractivity contribution in [2.24, 2.45) is 0 Å². The van der Waals surface area contributed by atoms with Crippen molar-refractivity contribution < 1.29 is 0 Å². The van der Waals surface area contributed by atoms with Crippen LogP contribution in [0.4, 0.5) is 5.82 Å². The minimum absolute atomic E-state index is 0.587. The van der Waals surface area contributed by atoms with Crippen LogP contribution < -0.4 is 10.2 Å². The first-order valence-corrected chi connectivity index (χ1v) is 6.54. The number of piperidine rings is 1. The summed E-state index contributed by atoms with van der Waals surface area (Å²) in [7, 11) is 2.03. The second kappa shape index (κ2) is 5.15. The van der Waals surface area contributed by atoms with Gasteiger partial charge in [0.05, 0.1) is 4.47 Å². The van der Waals surface area contributed by atoms with E-state index in [2.05, 4.69) is 44.1 Å². The van der Waals surface area contributed by atoms with Gasteiger partial charge in [-0.1, -0.05) is 0 Å². The number of aryl methyl sites for hydroxylation is 1. The molecule has 3 nitrogen and oxygen atoms in total. The van der Waals surface area contributed by atoms with Crippen LogP contribution in [-0.4, -0.2) is 31.2 Å². The average Bonchev–Trinajstić information content (AvgIpc) is 2.29. The molecule has 16 heavy (non-hydrogen) atoms. The van der Waals surface area contributed by atoms with E-state index in [0.717, 1.165) is 23.4 Å². The van der Waals surface area contributed by atoms with E-state index in [1.54, 1.807) is 0 Å².